The molecule has 0 saturated heterocycles. The van der Waals surface area contributed by atoms with E-state index in [9.17, 15) is 9.59 Å². The molecule has 0 aliphatic heterocycles. The normalized spacial score (nSPS) is 9.80. The van der Waals surface area contributed by atoms with Crippen LogP contribution in [0.25, 0.3) is 0 Å². The molecule has 0 radical (unpaired) electrons. The van der Waals surface area contributed by atoms with E-state index < -0.39 is 11.2 Å². The molecule has 0 aliphatic rings. The lowest BCUT2D eigenvalue weighted by atomic mass is 10.7. The molecule has 10 heavy (non-hydrogen) atoms. The second-order valence-electron chi connectivity index (χ2n) is 1.84. The molecular formula is C5H6N2O3. The first-order valence-electron chi connectivity index (χ1n) is 2.66. The van der Waals surface area contributed by atoms with Gasteiger partial charge in [0, 0.05) is 14.0 Å². The van der Waals surface area contributed by atoms with E-state index in [0.29, 0.717) is 0 Å². The molecule has 0 fully saturated rings. The van der Waals surface area contributed by atoms with Gasteiger partial charge >= 0.3 is 11.2 Å². The molecule has 1 aromatic rings. The average molecular weight is 142 g/mol. The third kappa shape index (κ3) is 0.975. The van der Waals surface area contributed by atoms with E-state index in [1.807, 2.05) is 0 Å². The average Bonchev–Trinajstić information content (AvgIpc) is 1.82. The van der Waals surface area contributed by atoms with Crippen molar-refractivity contribution in [3.63, 3.8) is 0 Å². The van der Waals surface area contributed by atoms with E-state index >= 15 is 0 Å². The van der Waals surface area contributed by atoms with Crippen LogP contribution in [0.15, 0.2) is 14.0 Å². The van der Waals surface area contributed by atoms with Crippen LogP contribution in [0.3, 0.4) is 0 Å². The number of nitrogens with zero attached hydrogens (tertiary/aromatic N) is 2. The van der Waals surface area contributed by atoms with E-state index in [2.05, 4.69) is 9.52 Å². The molecule has 0 saturated carbocycles. The molecule has 1 rings (SSSR count). The summed E-state index contributed by atoms with van der Waals surface area (Å²) in [5.41, 5.74) is -1.62. The van der Waals surface area contributed by atoms with Crippen LogP contribution < -0.4 is 11.2 Å². The zero-order valence-corrected chi connectivity index (χ0v) is 5.62. The first-order chi connectivity index (χ1) is 4.61. The molecule has 54 valence electrons. The lowest BCUT2D eigenvalue weighted by Gasteiger charge is -1.92. The Hall–Kier alpha value is -1.39. The first kappa shape index (κ1) is 6.73. The summed E-state index contributed by atoms with van der Waals surface area (Å²) < 4.78 is 5.33. The smallest absolute Gasteiger partial charge is 0.403 e. The van der Waals surface area contributed by atoms with Crippen LogP contribution in [0.1, 0.15) is 5.89 Å². The third-order valence-corrected chi connectivity index (χ3v) is 1.000. The first-order valence-corrected chi connectivity index (χ1v) is 2.66. The van der Waals surface area contributed by atoms with E-state index in [0.717, 1.165) is 4.68 Å². The monoisotopic (exact) mass is 142 g/mol. The standard InChI is InChI=1S/C5H6N2O3/c1-3-6-7(2)4(8)5(9)10-3/h1-2H3. The van der Waals surface area contributed by atoms with Crippen LogP contribution in [0.2, 0.25) is 0 Å². The molecule has 0 spiro atoms. The molecule has 5 nitrogen and oxygen atoms in total. The van der Waals surface area contributed by atoms with Gasteiger partial charge in [-0.15, -0.1) is 5.10 Å². The number of hydrogen-bond donors (Lipinski definition) is 0. The Morgan fingerprint density at radius 2 is 2.10 bits per heavy atom. The molecule has 0 N–H and O–H groups in total. The minimum Gasteiger partial charge on any atom is -0.403 e. The van der Waals surface area contributed by atoms with Crippen LogP contribution in [0.4, 0.5) is 0 Å². The molecule has 0 atom stereocenters. The van der Waals surface area contributed by atoms with Gasteiger partial charge in [0.2, 0.25) is 5.89 Å². The highest BCUT2D eigenvalue weighted by molar-refractivity contribution is 4.72. The topological polar surface area (TPSA) is 65.1 Å². The quantitative estimate of drug-likeness (QED) is 0.438. The zero-order valence-electron chi connectivity index (χ0n) is 5.62. The zero-order chi connectivity index (χ0) is 7.72. The fourth-order valence-corrected chi connectivity index (χ4v) is 0.587. The van der Waals surface area contributed by atoms with Crippen molar-refractivity contribution >= 4 is 0 Å². The Bertz CT molecular complexity index is 349. The largest absolute Gasteiger partial charge is 0.405 e. The fraction of sp³-hybridized carbons (Fsp3) is 0.400. The lowest BCUT2D eigenvalue weighted by molar-refractivity contribution is 0.404. The Balaban J connectivity index is 3.62. The molecule has 1 heterocycles. The second kappa shape index (κ2) is 2.09. The van der Waals surface area contributed by atoms with Crippen molar-refractivity contribution < 1.29 is 4.42 Å². The summed E-state index contributed by atoms with van der Waals surface area (Å²) in [6.07, 6.45) is 0. The van der Waals surface area contributed by atoms with Crippen molar-refractivity contribution in [1.82, 2.24) is 9.78 Å². The molecule has 5 heteroatoms. The SMILES string of the molecule is Cc1nn(C)c(=O)c(=O)o1. The summed E-state index contributed by atoms with van der Waals surface area (Å²) in [5, 5.41) is 3.57. The Kier molecular flexibility index (Phi) is 1.41. The van der Waals surface area contributed by atoms with Crippen LogP contribution in [0, 0.1) is 6.92 Å². The van der Waals surface area contributed by atoms with Gasteiger partial charge in [-0.05, 0) is 0 Å². The van der Waals surface area contributed by atoms with Gasteiger partial charge in [0.05, 0.1) is 0 Å². The van der Waals surface area contributed by atoms with Gasteiger partial charge in [-0.1, -0.05) is 0 Å². The van der Waals surface area contributed by atoms with Crippen LogP contribution >= 0.6 is 0 Å². The Labute approximate surface area is 55.9 Å². The van der Waals surface area contributed by atoms with Gasteiger partial charge in [0.1, 0.15) is 0 Å². The minimum absolute atomic E-state index is 0.187. The van der Waals surface area contributed by atoms with E-state index in [1.165, 1.54) is 14.0 Å². The maximum absolute atomic E-state index is 10.6. The van der Waals surface area contributed by atoms with Crippen molar-refractivity contribution in [3.05, 3.63) is 26.7 Å². The van der Waals surface area contributed by atoms with E-state index in [1.54, 1.807) is 0 Å². The van der Waals surface area contributed by atoms with Crippen molar-refractivity contribution in [2.45, 2.75) is 6.92 Å². The van der Waals surface area contributed by atoms with Gasteiger partial charge in [-0.25, -0.2) is 9.48 Å². The molecule has 0 aromatic carbocycles. The van der Waals surface area contributed by atoms with Crippen LogP contribution in [0.5, 0.6) is 0 Å². The van der Waals surface area contributed by atoms with Crippen molar-refractivity contribution in [1.29, 1.82) is 0 Å². The maximum Gasteiger partial charge on any atom is 0.405 e. The number of aryl methyl sites for hydroxylation is 2. The van der Waals surface area contributed by atoms with E-state index in [4.69, 9.17) is 0 Å². The summed E-state index contributed by atoms with van der Waals surface area (Å²) in [4.78, 5) is 21.1. The van der Waals surface area contributed by atoms with Gasteiger partial charge in [0.25, 0.3) is 0 Å². The van der Waals surface area contributed by atoms with Crippen molar-refractivity contribution in [3.8, 4) is 0 Å². The molecule has 0 bridgehead atoms. The summed E-state index contributed by atoms with van der Waals surface area (Å²) in [6.45, 7) is 1.50. The summed E-state index contributed by atoms with van der Waals surface area (Å²) in [7, 11) is 1.40. The minimum atomic E-state index is -0.880. The molecule has 1 aromatic heterocycles. The predicted molar refractivity (Wildman–Crippen MR) is 32.8 cm³/mol. The van der Waals surface area contributed by atoms with Gasteiger partial charge in [-0.3, -0.25) is 4.79 Å². The Morgan fingerprint density at radius 3 is 2.60 bits per heavy atom. The number of rotatable bonds is 0. The molecule has 0 aliphatic carbocycles. The third-order valence-electron chi connectivity index (χ3n) is 1.000. The summed E-state index contributed by atoms with van der Waals surface area (Å²) in [5.74, 6) is 0.187. The van der Waals surface area contributed by atoms with Crippen molar-refractivity contribution in [2.75, 3.05) is 0 Å². The van der Waals surface area contributed by atoms with Gasteiger partial charge in [0.15, 0.2) is 0 Å². The fourth-order valence-electron chi connectivity index (χ4n) is 0.587. The highest BCUT2D eigenvalue weighted by atomic mass is 16.4. The number of hydrogen-bond acceptors (Lipinski definition) is 4. The second-order valence-corrected chi connectivity index (χ2v) is 1.84. The predicted octanol–water partition coefficient (Wildman–Crippen LogP) is -0.958. The highest BCUT2D eigenvalue weighted by Crippen LogP contribution is 1.76. The molecule has 0 amide bonds. The van der Waals surface area contributed by atoms with Crippen molar-refractivity contribution in [2.24, 2.45) is 7.05 Å². The van der Waals surface area contributed by atoms with E-state index in [-0.39, 0.29) is 5.89 Å². The van der Waals surface area contributed by atoms with Gasteiger partial charge in [-0.2, -0.15) is 0 Å². The van der Waals surface area contributed by atoms with Crippen LogP contribution in [-0.4, -0.2) is 9.78 Å². The Morgan fingerprint density at radius 1 is 1.50 bits per heavy atom. The molecular weight excluding hydrogens is 136 g/mol. The summed E-state index contributed by atoms with van der Waals surface area (Å²) in [6, 6.07) is 0. The summed E-state index contributed by atoms with van der Waals surface area (Å²) >= 11 is 0. The molecule has 0 unspecified atom stereocenters. The maximum atomic E-state index is 10.6. The van der Waals surface area contributed by atoms with Gasteiger partial charge < -0.3 is 4.42 Å². The highest BCUT2D eigenvalue weighted by Gasteiger charge is 1.99. The number of aromatic nitrogens is 2. The van der Waals surface area contributed by atoms with Crippen LogP contribution in [-0.2, 0) is 7.05 Å². The lowest BCUT2D eigenvalue weighted by Crippen LogP contribution is -2.34.